The summed E-state index contributed by atoms with van der Waals surface area (Å²) in [6.45, 7) is 0. The minimum atomic E-state index is 0.547. The largest absolute Gasteiger partial charge is 0.454 e. The summed E-state index contributed by atoms with van der Waals surface area (Å²) in [4.78, 5) is 4.70. The summed E-state index contributed by atoms with van der Waals surface area (Å²) >= 11 is 0. The normalized spacial score (nSPS) is 11.6. The molecule has 21 aromatic rings. The Morgan fingerprint density at radius 1 is 0.202 bits per heavy atom. The lowest BCUT2D eigenvalue weighted by Gasteiger charge is -2.16. The number of benzene rings is 18. The molecule has 0 saturated carbocycles. The maximum absolute atomic E-state index is 9.71. The molecule has 0 fully saturated rings. The molecule has 21 rings (SSSR count). The van der Waals surface area contributed by atoms with Gasteiger partial charge >= 0.3 is 0 Å². The third-order valence-corrected chi connectivity index (χ3v) is 21.3. The molecule has 0 unspecified atom stereocenters. The first kappa shape index (κ1) is 59.8. The Hall–Kier alpha value is -14.2. The number of aromatic nitrogens is 1. The van der Waals surface area contributed by atoms with Crippen molar-refractivity contribution in [3.8, 4) is 90.0 Å². The summed E-state index contributed by atoms with van der Waals surface area (Å²) in [6.07, 6.45) is 1.86. The SMILES string of the molecule is N#Cc1cccc2c1oc1c(-c3ccc(-c4cc5c6ccccc6c(-c6ccc(-c7cccc8cccnc78)cc6)cc5c5ccccc45)cc3)cccc12.N#Cc1cccc2c1oc1c(-c3ccc(-c4cc5c6ccccc6c(-c6ccc7ccccc7c6)cc5c5ccccc45)cc3)cccc12. The zero-order valence-electron chi connectivity index (χ0n) is 56.1. The molecule has 0 N–H and O–H groups in total. The number of rotatable bonds is 7. The van der Waals surface area contributed by atoms with Gasteiger partial charge < -0.3 is 8.83 Å². The van der Waals surface area contributed by atoms with Crippen molar-refractivity contribution in [2.24, 2.45) is 0 Å². The molecule has 0 aliphatic carbocycles. The highest BCUT2D eigenvalue weighted by atomic mass is 16.3. The lowest BCUT2D eigenvalue weighted by atomic mass is 9.87. The predicted octanol–water partition coefficient (Wildman–Crippen LogP) is 27.2. The van der Waals surface area contributed by atoms with Gasteiger partial charge in [-0.05, 0) is 185 Å². The fourth-order valence-electron chi connectivity index (χ4n) is 16.3. The first-order valence-electron chi connectivity index (χ1n) is 35.1. The van der Waals surface area contributed by atoms with Gasteiger partial charge in [0.25, 0.3) is 0 Å². The molecule has 480 valence electrons. The van der Waals surface area contributed by atoms with Crippen LogP contribution in [0.4, 0.5) is 0 Å². The van der Waals surface area contributed by atoms with Gasteiger partial charge in [-0.2, -0.15) is 10.5 Å². The number of nitrogens with zero attached hydrogens (tertiary/aromatic N) is 3. The number of hydrogen-bond donors (Lipinski definition) is 0. The molecule has 5 heteroatoms. The van der Waals surface area contributed by atoms with E-state index in [-0.39, 0.29) is 0 Å². The molecule has 3 heterocycles. The molecule has 0 aliphatic heterocycles. The number of pyridine rings is 1. The van der Waals surface area contributed by atoms with Crippen molar-refractivity contribution in [2.45, 2.75) is 0 Å². The Morgan fingerprint density at radius 2 is 0.500 bits per heavy atom. The van der Waals surface area contributed by atoms with E-state index in [0.717, 1.165) is 88.1 Å². The summed E-state index contributed by atoms with van der Waals surface area (Å²) in [5.74, 6) is 0. The van der Waals surface area contributed by atoms with E-state index in [1.165, 1.54) is 109 Å². The lowest BCUT2D eigenvalue weighted by molar-refractivity contribution is 0.668. The predicted molar refractivity (Wildman–Crippen MR) is 433 cm³/mol. The van der Waals surface area contributed by atoms with Gasteiger partial charge in [-0.15, -0.1) is 0 Å². The average molecular weight is 1320 g/mol. The van der Waals surface area contributed by atoms with Crippen molar-refractivity contribution in [2.75, 3.05) is 0 Å². The number of fused-ring (bicyclic) bond motifs is 18. The molecular formula is C99H57N3O2. The molecule has 0 atom stereocenters. The van der Waals surface area contributed by atoms with E-state index in [9.17, 15) is 10.5 Å². The number of hydrogen-bond acceptors (Lipinski definition) is 5. The van der Waals surface area contributed by atoms with Gasteiger partial charge in [0.15, 0.2) is 11.2 Å². The minimum absolute atomic E-state index is 0.547. The summed E-state index contributed by atoms with van der Waals surface area (Å²) < 4.78 is 12.7. The maximum Gasteiger partial charge on any atom is 0.153 e. The second-order valence-electron chi connectivity index (χ2n) is 26.9. The van der Waals surface area contributed by atoms with Crippen LogP contribution in [0.1, 0.15) is 11.1 Å². The molecule has 0 radical (unpaired) electrons. The standard InChI is InChI=1S/C52H30N2O.C47H27NO/c53-31-37-10-6-18-44-45-19-7-17-39(52(45)55-51(37)44)33-22-26-35(27-23-33)47-30-49-42-14-3-1-12-40(42)46(29-48(49)43-15-4-2-13-41(43)47)34-24-20-32(21-25-34)38-16-5-9-36-11-8-28-54-50(36)38;48-28-34-11-7-17-40-41-18-8-16-35(47(41)49-46(34)40)30-20-22-31(23-21-30)42-26-44-39-15-6-4-13-37(39)43(27-45(44)38-14-5-3-12-36(38)42)33-24-19-29-9-1-2-10-32(29)25-33/h1-30H;1-27H. The molecule has 5 nitrogen and oxygen atoms in total. The van der Waals surface area contributed by atoms with Gasteiger partial charge in [0.2, 0.25) is 0 Å². The fourth-order valence-corrected chi connectivity index (χ4v) is 16.3. The zero-order chi connectivity index (χ0) is 68.9. The van der Waals surface area contributed by atoms with Gasteiger partial charge in [0.05, 0.1) is 16.6 Å². The van der Waals surface area contributed by atoms with Crippen LogP contribution in [0.2, 0.25) is 0 Å². The van der Waals surface area contributed by atoms with E-state index in [0.29, 0.717) is 22.3 Å². The zero-order valence-corrected chi connectivity index (χ0v) is 56.1. The maximum atomic E-state index is 9.71. The molecule has 0 saturated heterocycles. The topological polar surface area (TPSA) is 86.8 Å². The van der Waals surface area contributed by atoms with E-state index < -0.39 is 0 Å². The Kier molecular flexibility index (Phi) is 14.0. The molecule has 0 spiro atoms. The Balaban J connectivity index is 0.000000139. The van der Waals surface area contributed by atoms with Crippen molar-refractivity contribution in [1.82, 2.24) is 4.98 Å². The molecule has 3 aromatic heterocycles. The highest BCUT2D eigenvalue weighted by Gasteiger charge is 2.21. The first-order chi connectivity index (χ1) is 51.5. The monoisotopic (exact) mass is 1320 g/mol. The number of para-hydroxylation sites is 5. The second kappa shape index (κ2) is 24.3. The highest BCUT2D eigenvalue weighted by Crippen LogP contribution is 2.47. The average Bonchev–Trinajstić information content (AvgIpc) is 1.06. The second-order valence-corrected chi connectivity index (χ2v) is 26.9. The van der Waals surface area contributed by atoms with Gasteiger partial charge in [-0.25, -0.2) is 0 Å². The quantitative estimate of drug-likeness (QED) is 0.148. The Bertz CT molecular complexity index is 7220. The van der Waals surface area contributed by atoms with Crippen LogP contribution in [0.25, 0.3) is 208 Å². The first-order valence-corrected chi connectivity index (χ1v) is 35.1. The molecule has 18 aromatic carbocycles. The van der Waals surface area contributed by atoms with Crippen LogP contribution in [0.5, 0.6) is 0 Å². The van der Waals surface area contributed by atoms with Gasteiger partial charge in [0, 0.05) is 49.8 Å². The summed E-state index contributed by atoms with van der Waals surface area (Å²) in [5, 5.41) is 41.8. The minimum Gasteiger partial charge on any atom is -0.454 e. The van der Waals surface area contributed by atoms with E-state index >= 15 is 0 Å². The van der Waals surface area contributed by atoms with Gasteiger partial charge in [0.1, 0.15) is 23.3 Å². The van der Waals surface area contributed by atoms with Crippen LogP contribution in [-0.2, 0) is 0 Å². The molecule has 104 heavy (non-hydrogen) atoms. The fraction of sp³-hybridized carbons (Fsp3) is 0. The Labute approximate surface area is 597 Å². The van der Waals surface area contributed by atoms with Crippen LogP contribution in [0, 0.1) is 22.7 Å². The lowest BCUT2D eigenvalue weighted by Crippen LogP contribution is -1.90. The van der Waals surface area contributed by atoms with Crippen LogP contribution in [-0.4, -0.2) is 4.98 Å². The van der Waals surface area contributed by atoms with E-state index in [2.05, 4.69) is 309 Å². The molecular weight excluding hydrogens is 1260 g/mol. The van der Waals surface area contributed by atoms with Crippen molar-refractivity contribution in [3.63, 3.8) is 0 Å². The summed E-state index contributed by atoms with van der Waals surface area (Å²) in [5.41, 5.74) is 21.0. The smallest absolute Gasteiger partial charge is 0.153 e. The highest BCUT2D eigenvalue weighted by molar-refractivity contribution is 6.26. The number of furan rings is 2. The van der Waals surface area contributed by atoms with Crippen LogP contribution in [0.3, 0.4) is 0 Å². The molecule has 0 aliphatic rings. The van der Waals surface area contributed by atoms with Crippen molar-refractivity contribution < 1.29 is 8.83 Å². The van der Waals surface area contributed by atoms with Crippen LogP contribution < -0.4 is 0 Å². The molecule has 0 amide bonds. The third kappa shape index (κ3) is 9.72. The Morgan fingerprint density at radius 3 is 0.923 bits per heavy atom. The van der Waals surface area contributed by atoms with E-state index in [1.807, 2.05) is 36.5 Å². The number of nitriles is 2. The van der Waals surface area contributed by atoms with Gasteiger partial charge in [-0.1, -0.05) is 291 Å². The van der Waals surface area contributed by atoms with Gasteiger partial charge in [-0.3, -0.25) is 4.98 Å². The van der Waals surface area contributed by atoms with Crippen molar-refractivity contribution in [1.29, 1.82) is 10.5 Å². The third-order valence-electron chi connectivity index (χ3n) is 21.3. The van der Waals surface area contributed by atoms with Crippen LogP contribution >= 0.6 is 0 Å². The van der Waals surface area contributed by atoms with E-state index in [4.69, 9.17) is 13.8 Å². The van der Waals surface area contributed by atoms with E-state index in [1.54, 1.807) is 12.1 Å². The van der Waals surface area contributed by atoms with Crippen molar-refractivity contribution >= 4 is 130 Å². The summed E-state index contributed by atoms with van der Waals surface area (Å²) in [7, 11) is 0. The van der Waals surface area contributed by atoms with Crippen molar-refractivity contribution in [3.05, 3.63) is 357 Å². The van der Waals surface area contributed by atoms with Crippen LogP contribution in [0.15, 0.2) is 355 Å². The molecule has 0 bridgehead atoms. The summed E-state index contributed by atoms with van der Waals surface area (Å²) in [6, 6.07) is 126.